The molecule has 1 aromatic heterocycles. The van der Waals surface area contributed by atoms with Crippen LogP contribution in [0.5, 0.6) is 0 Å². The molecule has 15 heavy (non-hydrogen) atoms. The van der Waals surface area contributed by atoms with E-state index in [1.165, 1.54) is 11.3 Å². The molecular formula is C11H4N3S. The van der Waals surface area contributed by atoms with Gasteiger partial charge in [-0.25, -0.2) is 4.98 Å². The van der Waals surface area contributed by atoms with Crippen molar-refractivity contribution in [2.45, 2.75) is 0 Å². The number of thiazole rings is 1. The minimum Gasteiger partial charge on any atom is -0.241 e. The molecule has 1 aromatic carbocycles. The van der Waals surface area contributed by atoms with Gasteiger partial charge in [0.15, 0.2) is 5.51 Å². The van der Waals surface area contributed by atoms with Gasteiger partial charge in [0.25, 0.3) is 0 Å². The lowest BCUT2D eigenvalue weighted by Gasteiger charge is -1.98. The third kappa shape index (κ3) is 1.71. The van der Waals surface area contributed by atoms with Crippen molar-refractivity contribution >= 4 is 11.3 Å². The van der Waals surface area contributed by atoms with Gasteiger partial charge in [-0.3, -0.25) is 0 Å². The van der Waals surface area contributed by atoms with E-state index in [1.54, 1.807) is 24.4 Å². The molecule has 69 valence electrons. The Kier molecular flexibility index (Phi) is 2.45. The lowest BCUT2D eigenvalue weighted by Crippen LogP contribution is -1.84. The first-order valence-electron chi connectivity index (χ1n) is 4.11. The molecule has 2 rings (SSSR count). The zero-order chi connectivity index (χ0) is 10.7. The number of nitrogens with zero attached hydrogens (tertiary/aromatic N) is 3. The van der Waals surface area contributed by atoms with Gasteiger partial charge in [-0.1, -0.05) is 6.07 Å². The smallest absolute Gasteiger partial charge is 0.152 e. The molecule has 0 saturated carbocycles. The maximum atomic E-state index is 8.85. The van der Waals surface area contributed by atoms with Crippen molar-refractivity contribution in [3.8, 4) is 22.6 Å². The standard InChI is InChI=1S/C11H4N3S/c12-4-9-2-1-8(3-10(9)5-13)11-6-14-7-15-11/h1-3,6H. The summed E-state index contributed by atoms with van der Waals surface area (Å²) in [6, 6.07) is 9.12. The first-order valence-corrected chi connectivity index (χ1v) is 4.93. The molecule has 0 saturated heterocycles. The van der Waals surface area contributed by atoms with E-state index in [9.17, 15) is 0 Å². The van der Waals surface area contributed by atoms with Gasteiger partial charge in [-0.05, 0) is 17.7 Å². The van der Waals surface area contributed by atoms with Crippen molar-refractivity contribution in [3.63, 3.8) is 0 Å². The molecule has 0 unspecified atom stereocenters. The first-order chi connectivity index (χ1) is 7.35. The highest BCUT2D eigenvalue weighted by atomic mass is 32.1. The van der Waals surface area contributed by atoms with E-state index in [0.717, 1.165) is 10.4 Å². The molecule has 2 aromatic rings. The largest absolute Gasteiger partial charge is 0.241 e. The number of benzene rings is 1. The molecule has 3 nitrogen and oxygen atoms in total. The second kappa shape index (κ2) is 3.91. The predicted molar refractivity (Wildman–Crippen MR) is 55.8 cm³/mol. The van der Waals surface area contributed by atoms with E-state index < -0.39 is 0 Å². The minimum atomic E-state index is 0.392. The van der Waals surface area contributed by atoms with Crippen LogP contribution in [0.2, 0.25) is 0 Å². The second-order valence-corrected chi connectivity index (χ2v) is 3.63. The Morgan fingerprint density at radius 1 is 1.20 bits per heavy atom. The van der Waals surface area contributed by atoms with Crippen molar-refractivity contribution in [3.05, 3.63) is 41.0 Å². The van der Waals surface area contributed by atoms with Crippen molar-refractivity contribution < 1.29 is 0 Å². The van der Waals surface area contributed by atoms with Crippen LogP contribution in [0.25, 0.3) is 10.4 Å². The van der Waals surface area contributed by atoms with Gasteiger partial charge >= 0.3 is 0 Å². The number of hydrogen-bond donors (Lipinski definition) is 0. The zero-order valence-electron chi connectivity index (χ0n) is 7.56. The molecular weight excluding hydrogens is 206 g/mol. The van der Waals surface area contributed by atoms with Gasteiger partial charge < -0.3 is 0 Å². The molecule has 0 aliphatic heterocycles. The highest BCUT2D eigenvalue weighted by Gasteiger charge is 2.05. The van der Waals surface area contributed by atoms with Crippen LogP contribution in [0.15, 0.2) is 24.4 Å². The van der Waals surface area contributed by atoms with Gasteiger partial charge in [0.2, 0.25) is 0 Å². The summed E-state index contributed by atoms with van der Waals surface area (Å²) in [5.41, 5.74) is 4.42. The maximum Gasteiger partial charge on any atom is 0.152 e. The van der Waals surface area contributed by atoms with E-state index in [-0.39, 0.29) is 0 Å². The molecule has 0 bridgehead atoms. The van der Waals surface area contributed by atoms with Crippen molar-refractivity contribution in [1.29, 1.82) is 10.5 Å². The van der Waals surface area contributed by atoms with Crippen LogP contribution in [0.1, 0.15) is 11.1 Å². The first kappa shape index (κ1) is 9.39. The quantitative estimate of drug-likeness (QED) is 0.725. The van der Waals surface area contributed by atoms with Crippen molar-refractivity contribution in [2.75, 3.05) is 0 Å². The predicted octanol–water partition coefficient (Wildman–Crippen LogP) is 2.35. The Morgan fingerprint density at radius 2 is 2.00 bits per heavy atom. The second-order valence-electron chi connectivity index (χ2n) is 2.80. The zero-order valence-corrected chi connectivity index (χ0v) is 8.38. The van der Waals surface area contributed by atoms with E-state index in [0.29, 0.717) is 11.1 Å². The summed E-state index contributed by atoms with van der Waals surface area (Å²) in [5.74, 6) is 0. The lowest BCUT2D eigenvalue weighted by molar-refractivity contribution is 1.40. The van der Waals surface area contributed by atoms with Crippen LogP contribution in [0.3, 0.4) is 0 Å². The van der Waals surface area contributed by atoms with Crippen LogP contribution in [0.4, 0.5) is 0 Å². The monoisotopic (exact) mass is 210 g/mol. The Balaban J connectivity index is 2.56. The Hall–Kier alpha value is -2.17. The normalized spacial score (nSPS) is 9.20. The van der Waals surface area contributed by atoms with Crippen molar-refractivity contribution in [2.24, 2.45) is 0 Å². The molecule has 4 heteroatoms. The lowest BCUT2D eigenvalue weighted by atomic mass is 10.1. The average molecular weight is 210 g/mol. The van der Waals surface area contributed by atoms with Gasteiger partial charge in [0.05, 0.1) is 16.0 Å². The average Bonchev–Trinajstić information content (AvgIpc) is 2.81. The Labute approximate surface area is 90.9 Å². The summed E-state index contributed by atoms with van der Waals surface area (Å²) < 4.78 is 0. The van der Waals surface area contributed by atoms with E-state index in [2.05, 4.69) is 10.5 Å². The molecule has 0 aliphatic rings. The summed E-state index contributed by atoms with van der Waals surface area (Å²) in [4.78, 5) is 4.78. The summed E-state index contributed by atoms with van der Waals surface area (Å²) in [6.45, 7) is 0. The molecule has 0 fully saturated rings. The summed E-state index contributed by atoms with van der Waals surface area (Å²) in [5, 5.41) is 17.6. The fraction of sp³-hybridized carbons (Fsp3) is 0. The van der Waals surface area contributed by atoms with Crippen LogP contribution in [0, 0.1) is 28.2 Å². The van der Waals surface area contributed by atoms with Crippen LogP contribution < -0.4 is 0 Å². The highest BCUT2D eigenvalue weighted by molar-refractivity contribution is 7.12. The minimum absolute atomic E-state index is 0.392. The molecule has 1 radical (unpaired) electrons. The van der Waals surface area contributed by atoms with Gasteiger partial charge in [0.1, 0.15) is 12.1 Å². The fourth-order valence-electron chi connectivity index (χ4n) is 1.21. The topological polar surface area (TPSA) is 60.5 Å². The fourth-order valence-corrected chi connectivity index (χ4v) is 1.76. The number of aromatic nitrogens is 1. The molecule has 0 amide bonds. The van der Waals surface area contributed by atoms with Gasteiger partial charge in [0, 0.05) is 6.20 Å². The van der Waals surface area contributed by atoms with E-state index in [1.807, 2.05) is 12.1 Å². The van der Waals surface area contributed by atoms with Gasteiger partial charge in [-0.2, -0.15) is 10.5 Å². The Bertz CT molecular complexity index is 559. The van der Waals surface area contributed by atoms with Gasteiger partial charge in [-0.15, -0.1) is 11.3 Å². The maximum absolute atomic E-state index is 8.85. The summed E-state index contributed by atoms with van der Waals surface area (Å²) in [7, 11) is 0. The number of hydrogen-bond acceptors (Lipinski definition) is 4. The summed E-state index contributed by atoms with van der Waals surface area (Å²) >= 11 is 1.38. The van der Waals surface area contributed by atoms with Crippen molar-refractivity contribution in [1.82, 2.24) is 4.98 Å². The number of rotatable bonds is 1. The van der Waals surface area contributed by atoms with Crippen LogP contribution in [-0.4, -0.2) is 4.98 Å². The SMILES string of the molecule is N#Cc1ccc(-c2cn[c]s2)cc1C#N. The highest BCUT2D eigenvalue weighted by Crippen LogP contribution is 2.24. The van der Waals surface area contributed by atoms with E-state index >= 15 is 0 Å². The van der Waals surface area contributed by atoms with E-state index in [4.69, 9.17) is 10.5 Å². The third-order valence-corrected chi connectivity index (χ3v) is 2.69. The molecule has 0 aliphatic carbocycles. The Morgan fingerprint density at radius 3 is 2.60 bits per heavy atom. The molecule has 0 spiro atoms. The summed E-state index contributed by atoms with van der Waals surface area (Å²) in [6.07, 6.45) is 1.69. The molecule has 0 atom stereocenters. The molecule has 1 heterocycles. The third-order valence-electron chi connectivity index (χ3n) is 1.94. The molecule has 0 N–H and O–H groups in total. The van der Waals surface area contributed by atoms with Crippen LogP contribution >= 0.6 is 11.3 Å². The van der Waals surface area contributed by atoms with Crippen LogP contribution in [-0.2, 0) is 0 Å². The number of nitriles is 2.